The lowest BCUT2D eigenvalue weighted by Gasteiger charge is -2.32. The van der Waals surface area contributed by atoms with E-state index in [4.69, 9.17) is 0 Å². The van der Waals surface area contributed by atoms with Crippen molar-refractivity contribution in [2.45, 2.75) is 19.8 Å². The van der Waals surface area contributed by atoms with Crippen LogP contribution in [-0.2, 0) is 15.0 Å². The first-order valence-corrected chi connectivity index (χ1v) is 7.19. The number of rotatable bonds is 4. The first-order chi connectivity index (χ1) is 7.87. The Bertz CT molecular complexity index is 369. The standard InChI is InChI=1S/C10H21N3O3S/c1-9-5-4-6-13(7-9)17(15,16)12(3)8-10(14)11-2/h9H,4-8H2,1-3H3,(H,11,14)/t9-/m1/s1. The third kappa shape index (κ3) is 3.65. The summed E-state index contributed by atoms with van der Waals surface area (Å²) in [6, 6.07) is 0. The summed E-state index contributed by atoms with van der Waals surface area (Å²) in [5, 5.41) is 2.42. The molecule has 100 valence electrons. The monoisotopic (exact) mass is 263 g/mol. The van der Waals surface area contributed by atoms with Crippen molar-refractivity contribution >= 4 is 16.1 Å². The van der Waals surface area contributed by atoms with Crippen LogP contribution in [0.5, 0.6) is 0 Å². The fraction of sp³-hybridized carbons (Fsp3) is 0.900. The number of nitrogens with one attached hydrogen (secondary N) is 1. The number of nitrogens with zero attached hydrogens (tertiary/aromatic N) is 2. The molecule has 0 unspecified atom stereocenters. The Balaban J connectivity index is 2.69. The molecule has 0 bridgehead atoms. The zero-order valence-corrected chi connectivity index (χ0v) is 11.5. The van der Waals surface area contributed by atoms with Crippen molar-refractivity contribution in [1.82, 2.24) is 13.9 Å². The number of likely N-dealkylation sites (N-methyl/N-ethyl adjacent to an activating group) is 2. The van der Waals surface area contributed by atoms with Crippen LogP contribution in [0.25, 0.3) is 0 Å². The van der Waals surface area contributed by atoms with Gasteiger partial charge in [0.2, 0.25) is 5.91 Å². The highest BCUT2D eigenvalue weighted by atomic mass is 32.2. The Morgan fingerprint density at radius 1 is 1.53 bits per heavy atom. The lowest BCUT2D eigenvalue weighted by atomic mass is 10.0. The molecule has 7 heteroatoms. The van der Waals surface area contributed by atoms with Crippen molar-refractivity contribution < 1.29 is 13.2 Å². The summed E-state index contributed by atoms with van der Waals surface area (Å²) in [7, 11) is -0.568. The van der Waals surface area contributed by atoms with Crippen LogP contribution in [0.15, 0.2) is 0 Å². The van der Waals surface area contributed by atoms with E-state index in [0.717, 1.165) is 17.1 Å². The van der Waals surface area contributed by atoms with E-state index in [1.165, 1.54) is 18.4 Å². The molecule has 1 aliphatic heterocycles. The SMILES string of the molecule is CNC(=O)CN(C)S(=O)(=O)N1CCC[C@@H](C)C1. The van der Waals surface area contributed by atoms with Crippen LogP contribution in [0.4, 0.5) is 0 Å². The van der Waals surface area contributed by atoms with Gasteiger partial charge in [-0.3, -0.25) is 4.79 Å². The molecule has 1 heterocycles. The second-order valence-corrected chi connectivity index (χ2v) is 6.58. The number of amides is 1. The maximum absolute atomic E-state index is 12.2. The van der Waals surface area contributed by atoms with Crippen molar-refractivity contribution in [3.05, 3.63) is 0 Å². The molecule has 0 radical (unpaired) electrons. The molecule has 0 saturated carbocycles. The number of piperidine rings is 1. The summed E-state index contributed by atoms with van der Waals surface area (Å²) >= 11 is 0. The smallest absolute Gasteiger partial charge is 0.282 e. The van der Waals surface area contributed by atoms with Crippen LogP contribution in [0.3, 0.4) is 0 Å². The third-order valence-electron chi connectivity index (χ3n) is 2.99. The van der Waals surface area contributed by atoms with E-state index in [1.807, 2.05) is 6.92 Å². The molecule has 6 nitrogen and oxygen atoms in total. The molecule has 0 aromatic carbocycles. The van der Waals surface area contributed by atoms with Crippen LogP contribution in [0, 0.1) is 5.92 Å². The molecule has 1 amide bonds. The maximum atomic E-state index is 12.2. The second kappa shape index (κ2) is 5.79. The van der Waals surface area contributed by atoms with E-state index >= 15 is 0 Å². The van der Waals surface area contributed by atoms with Crippen molar-refractivity contribution in [2.75, 3.05) is 33.7 Å². The van der Waals surface area contributed by atoms with E-state index < -0.39 is 10.2 Å². The summed E-state index contributed by atoms with van der Waals surface area (Å²) < 4.78 is 26.9. The summed E-state index contributed by atoms with van der Waals surface area (Å²) in [5.74, 6) is 0.0769. The largest absolute Gasteiger partial charge is 0.358 e. The van der Waals surface area contributed by atoms with E-state index in [0.29, 0.717) is 19.0 Å². The molecule has 1 rings (SSSR count). The molecule has 0 spiro atoms. The Labute approximate surface area is 103 Å². The molecule has 1 N–H and O–H groups in total. The van der Waals surface area contributed by atoms with Crippen LogP contribution >= 0.6 is 0 Å². The van der Waals surface area contributed by atoms with Crippen molar-refractivity contribution in [2.24, 2.45) is 5.92 Å². The Morgan fingerprint density at radius 2 is 2.18 bits per heavy atom. The number of hydrogen-bond acceptors (Lipinski definition) is 3. The van der Waals surface area contributed by atoms with Crippen molar-refractivity contribution in [1.29, 1.82) is 0 Å². The highest BCUT2D eigenvalue weighted by Gasteiger charge is 2.31. The van der Waals surface area contributed by atoms with Gasteiger partial charge in [-0.2, -0.15) is 17.0 Å². The molecular weight excluding hydrogens is 242 g/mol. The lowest BCUT2D eigenvalue weighted by molar-refractivity contribution is -0.120. The van der Waals surface area contributed by atoms with Gasteiger partial charge in [-0.25, -0.2) is 0 Å². The lowest BCUT2D eigenvalue weighted by Crippen LogP contribution is -2.48. The molecule has 1 aliphatic rings. The van der Waals surface area contributed by atoms with E-state index in [2.05, 4.69) is 5.32 Å². The van der Waals surface area contributed by atoms with Gasteiger partial charge in [0, 0.05) is 27.2 Å². The highest BCUT2D eigenvalue weighted by molar-refractivity contribution is 7.86. The Hall–Kier alpha value is -0.660. The minimum Gasteiger partial charge on any atom is -0.358 e. The first-order valence-electron chi connectivity index (χ1n) is 5.80. The Kier molecular flexibility index (Phi) is 4.91. The number of carbonyl (C=O) groups excluding carboxylic acids is 1. The first kappa shape index (κ1) is 14.4. The number of carbonyl (C=O) groups is 1. The molecule has 17 heavy (non-hydrogen) atoms. The van der Waals surface area contributed by atoms with E-state index in [1.54, 1.807) is 0 Å². The molecule has 1 saturated heterocycles. The summed E-state index contributed by atoms with van der Waals surface area (Å²) in [6.45, 7) is 3.00. The minimum atomic E-state index is -3.49. The van der Waals surface area contributed by atoms with Crippen molar-refractivity contribution in [3.63, 3.8) is 0 Å². The van der Waals surface area contributed by atoms with Gasteiger partial charge in [0.1, 0.15) is 0 Å². The fourth-order valence-electron chi connectivity index (χ4n) is 1.92. The molecule has 1 atom stereocenters. The maximum Gasteiger partial charge on any atom is 0.282 e. The third-order valence-corrected chi connectivity index (χ3v) is 4.89. The summed E-state index contributed by atoms with van der Waals surface area (Å²) in [5.41, 5.74) is 0. The Morgan fingerprint density at radius 3 is 2.71 bits per heavy atom. The average Bonchev–Trinajstić information content (AvgIpc) is 2.28. The van der Waals surface area contributed by atoms with Crippen LogP contribution in [0.1, 0.15) is 19.8 Å². The summed E-state index contributed by atoms with van der Waals surface area (Å²) in [4.78, 5) is 11.2. The van der Waals surface area contributed by atoms with Crippen LogP contribution < -0.4 is 5.32 Å². The van der Waals surface area contributed by atoms with Gasteiger partial charge in [0.25, 0.3) is 10.2 Å². The molecule has 1 fully saturated rings. The van der Waals surface area contributed by atoms with Crippen molar-refractivity contribution in [3.8, 4) is 0 Å². The quantitative estimate of drug-likeness (QED) is 0.753. The zero-order valence-electron chi connectivity index (χ0n) is 10.6. The van der Waals surface area contributed by atoms with Gasteiger partial charge in [0.05, 0.1) is 6.54 Å². The highest BCUT2D eigenvalue weighted by Crippen LogP contribution is 2.19. The topological polar surface area (TPSA) is 69.7 Å². The van der Waals surface area contributed by atoms with E-state index in [-0.39, 0.29) is 12.5 Å². The normalized spacial score (nSPS) is 22.7. The average molecular weight is 263 g/mol. The predicted molar refractivity (Wildman–Crippen MR) is 65.6 cm³/mol. The van der Waals surface area contributed by atoms with Crippen LogP contribution in [0.2, 0.25) is 0 Å². The second-order valence-electron chi connectivity index (χ2n) is 4.54. The summed E-state index contributed by atoms with van der Waals surface area (Å²) in [6.07, 6.45) is 1.94. The van der Waals surface area contributed by atoms with Gasteiger partial charge in [-0.15, -0.1) is 0 Å². The van der Waals surface area contributed by atoms with Gasteiger partial charge in [-0.05, 0) is 18.8 Å². The van der Waals surface area contributed by atoms with E-state index in [9.17, 15) is 13.2 Å². The predicted octanol–water partition coefficient (Wildman–Crippen LogP) is -0.359. The number of hydrogen-bond donors (Lipinski definition) is 1. The van der Waals surface area contributed by atoms with Gasteiger partial charge in [-0.1, -0.05) is 6.92 Å². The molecular formula is C10H21N3O3S. The molecule has 0 aliphatic carbocycles. The van der Waals surface area contributed by atoms with Gasteiger partial charge < -0.3 is 5.32 Å². The minimum absolute atomic E-state index is 0.135. The van der Waals surface area contributed by atoms with Crippen LogP contribution in [-0.4, -0.2) is 56.7 Å². The molecule has 0 aromatic heterocycles. The van der Waals surface area contributed by atoms with Gasteiger partial charge in [0.15, 0.2) is 0 Å². The fourth-order valence-corrected chi connectivity index (χ4v) is 3.39. The molecule has 0 aromatic rings. The zero-order chi connectivity index (χ0) is 13.1. The van der Waals surface area contributed by atoms with Gasteiger partial charge >= 0.3 is 0 Å².